The van der Waals surface area contributed by atoms with Crippen molar-refractivity contribution >= 4 is 28.5 Å². The third-order valence-electron chi connectivity index (χ3n) is 2.86. The van der Waals surface area contributed by atoms with Gasteiger partial charge >= 0.3 is 11.8 Å². The first kappa shape index (κ1) is 14.8. The lowest BCUT2D eigenvalue weighted by atomic mass is 10.2. The van der Waals surface area contributed by atoms with Crippen LogP contribution >= 0.6 is 11.3 Å². The Bertz CT molecular complexity index is 673. The van der Waals surface area contributed by atoms with E-state index in [1.165, 1.54) is 0 Å². The molecule has 0 aliphatic carbocycles. The molecule has 0 fully saturated rings. The van der Waals surface area contributed by atoms with Gasteiger partial charge in [-0.3, -0.25) is 0 Å². The predicted octanol–water partition coefficient (Wildman–Crippen LogP) is 3.52. The van der Waals surface area contributed by atoms with Crippen LogP contribution in [0.5, 0.6) is 0 Å². The summed E-state index contributed by atoms with van der Waals surface area (Å²) in [4.78, 5) is 27.9. The van der Waals surface area contributed by atoms with Crippen molar-refractivity contribution in [2.45, 2.75) is 52.6 Å². The van der Waals surface area contributed by atoms with Crippen molar-refractivity contribution < 1.29 is 9.53 Å². The van der Waals surface area contributed by atoms with E-state index in [4.69, 9.17) is 4.74 Å². The molecule has 0 amide bonds. The van der Waals surface area contributed by atoms with Gasteiger partial charge < -0.3 is 9.72 Å². The highest BCUT2D eigenvalue weighted by molar-refractivity contribution is 7.11. The Balaban J connectivity index is 2.40. The third-order valence-corrected chi connectivity index (χ3v) is 3.89. The molecule has 0 aliphatic rings. The van der Waals surface area contributed by atoms with Crippen molar-refractivity contribution in [3.05, 3.63) is 20.7 Å². The molecule has 5 nitrogen and oxygen atoms in total. The van der Waals surface area contributed by atoms with Crippen molar-refractivity contribution in [3.63, 3.8) is 0 Å². The van der Waals surface area contributed by atoms with Gasteiger partial charge in [0.05, 0.1) is 11.0 Å². The fraction of sp³-hybridized carbons (Fsp3) is 0.571. The molecule has 0 atom stereocenters. The van der Waals surface area contributed by atoms with Gasteiger partial charge in [0.15, 0.2) is 0 Å². The number of rotatable bonds is 3. The van der Waals surface area contributed by atoms with Gasteiger partial charge in [-0.1, -0.05) is 13.3 Å². The maximum Gasteiger partial charge on any atom is 0.423 e. The molecule has 6 heteroatoms. The van der Waals surface area contributed by atoms with Gasteiger partial charge in [0, 0.05) is 10.3 Å². The Morgan fingerprint density at radius 2 is 2.15 bits per heavy atom. The Hall–Kier alpha value is -1.56. The minimum absolute atomic E-state index is 0.435. The average molecular weight is 296 g/mol. The first-order chi connectivity index (χ1) is 9.33. The highest BCUT2D eigenvalue weighted by atomic mass is 32.1. The molecular formula is C14H20N2O3S. The molecule has 2 aromatic heterocycles. The number of carbonyl (C=O) groups excluding carboxylic acids is 1. The summed E-state index contributed by atoms with van der Waals surface area (Å²) < 4.78 is 6.35. The zero-order chi connectivity index (χ0) is 14.9. The Kier molecular flexibility index (Phi) is 4.04. The van der Waals surface area contributed by atoms with Gasteiger partial charge in [-0.2, -0.15) is 4.57 Å². The van der Waals surface area contributed by atoms with Crippen LogP contribution in [-0.4, -0.2) is 21.2 Å². The lowest BCUT2D eigenvalue weighted by molar-refractivity contribution is 0.0538. The average Bonchev–Trinajstić information content (AvgIpc) is 2.82. The fourth-order valence-electron chi connectivity index (χ4n) is 1.97. The van der Waals surface area contributed by atoms with E-state index < -0.39 is 17.4 Å². The standard InChI is InChI=1S/C14H20N2O3S/c1-5-6-7-10-11-9(8-20-10)16(12(17)15-11)13(18)19-14(2,3)4/h8H,5-7H2,1-4H3,(H,15,17). The third kappa shape index (κ3) is 2.95. The second-order valence-electron chi connectivity index (χ2n) is 5.77. The summed E-state index contributed by atoms with van der Waals surface area (Å²) in [5.41, 5.74) is 0.315. The number of thiophene rings is 1. The van der Waals surface area contributed by atoms with Crippen LogP contribution in [0.1, 0.15) is 45.4 Å². The Morgan fingerprint density at radius 1 is 1.45 bits per heavy atom. The van der Waals surface area contributed by atoms with Crippen molar-refractivity contribution in [1.29, 1.82) is 0 Å². The van der Waals surface area contributed by atoms with Crippen LogP contribution in [0, 0.1) is 0 Å². The van der Waals surface area contributed by atoms with E-state index >= 15 is 0 Å². The zero-order valence-corrected chi connectivity index (χ0v) is 13.1. The van der Waals surface area contributed by atoms with Crippen LogP contribution in [0.15, 0.2) is 10.2 Å². The molecular weight excluding hydrogens is 276 g/mol. The molecule has 2 aromatic rings. The molecule has 0 spiro atoms. The maximum atomic E-state index is 12.1. The van der Waals surface area contributed by atoms with Crippen molar-refractivity contribution in [2.75, 3.05) is 0 Å². The van der Waals surface area contributed by atoms with E-state index in [0.29, 0.717) is 5.52 Å². The van der Waals surface area contributed by atoms with E-state index in [9.17, 15) is 9.59 Å². The van der Waals surface area contributed by atoms with Crippen LogP contribution in [-0.2, 0) is 11.2 Å². The molecule has 110 valence electrons. The van der Waals surface area contributed by atoms with E-state index in [1.54, 1.807) is 32.1 Å². The highest BCUT2D eigenvalue weighted by Gasteiger charge is 2.23. The number of aryl methyl sites for hydroxylation is 1. The molecule has 1 N–H and O–H groups in total. The zero-order valence-electron chi connectivity index (χ0n) is 12.3. The second-order valence-corrected chi connectivity index (χ2v) is 6.73. The van der Waals surface area contributed by atoms with Crippen LogP contribution in [0.3, 0.4) is 0 Å². The van der Waals surface area contributed by atoms with Crippen LogP contribution < -0.4 is 5.69 Å². The fourth-order valence-corrected chi connectivity index (χ4v) is 2.98. The monoisotopic (exact) mass is 296 g/mol. The molecule has 0 aromatic carbocycles. The van der Waals surface area contributed by atoms with Gasteiger partial charge in [0.2, 0.25) is 0 Å². The number of imidazole rings is 1. The van der Waals surface area contributed by atoms with Gasteiger partial charge in [-0.15, -0.1) is 11.3 Å². The number of ether oxygens (including phenoxy) is 1. The predicted molar refractivity (Wildman–Crippen MR) is 80.7 cm³/mol. The number of aromatic nitrogens is 2. The summed E-state index contributed by atoms with van der Waals surface area (Å²) in [7, 11) is 0. The second kappa shape index (κ2) is 5.44. The number of nitrogens with zero attached hydrogens (tertiary/aromatic N) is 1. The molecule has 0 unspecified atom stereocenters. The van der Waals surface area contributed by atoms with Crippen molar-refractivity contribution in [1.82, 2.24) is 9.55 Å². The minimum Gasteiger partial charge on any atom is -0.443 e. The van der Waals surface area contributed by atoms with Crippen LogP contribution in [0.2, 0.25) is 0 Å². The summed E-state index contributed by atoms with van der Waals surface area (Å²) in [5.74, 6) is 0. The number of fused-ring (bicyclic) bond motifs is 1. The number of hydrogen-bond donors (Lipinski definition) is 1. The molecule has 20 heavy (non-hydrogen) atoms. The van der Waals surface area contributed by atoms with Gasteiger partial charge in [0.1, 0.15) is 5.60 Å². The molecule has 0 saturated carbocycles. The smallest absolute Gasteiger partial charge is 0.423 e. The molecule has 0 aliphatic heterocycles. The summed E-state index contributed by atoms with van der Waals surface area (Å²) in [6.45, 7) is 7.46. The summed E-state index contributed by atoms with van der Waals surface area (Å²) in [5, 5.41) is 1.84. The maximum absolute atomic E-state index is 12.1. The van der Waals surface area contributed by atoms with Gasteiger partial charge in [-0.25, -0.2) is 9.59 Å². The van der Waals surface area contributed by atoms with Gasteiger partial charge in [-0.05, 0) is 33.6 Å². The molecule has 0 radical (unpaired) electrons. The van der Waals surface area contributed by atoms with Crippen molar-refractivity contribution in [3.8, 4) is 0 Å². The summed E-state index contributed by atoms with van der Waals surface area (Å²) >= 11 is 1.57. The normalized spacial score (nSPS) is 12.0. The van der Waals surface area contributed by atoms with E-state index in [1.807, 2.05) is 5.38 Å². The van der Waals surface area contributed by atoms with Crippen LogP contribution in [0.4, 0.5) is 4.79 Å². The number of H-pyrrole nitrogens is 1. The SMILES string of the molecule is CCCCc1scc2c1[nH]c(=O)n2C(=O)OC(C)(C)C. The molecule has 0 saturated heterocycles. The topological polar surface area (TPSA) is 64.1 Å². The van der Waals surface area contributed by atoms with Crippen LogP contribution in [0.25, 0.3) is 11.0 Å². The first-order valence-electron chi connectivity index (χ1n) is 6.78. The lowest BCUT2D eigenvalue weighted by Gasteiger charge is -2.19. The molecule has 2 rings (SSSR count). The largest absolute Gasteiger partial charge is 0.443 e. The highest BCUT2D eigenvalue weighted by Crippen LogP contribution is 2.25. The van der Waals surface area contributed by atoms with E-state index in [2.05, 4.69) is 11.9 Å². The van der Waals surface area contributed by atoms with Crippen molar-refractivity contribution in [2.24, 2.45) is 0 Å². The first-order valence-corrected chi connectivity index (χ1v) is 7.66. The summed E-state index contributed by atoms with van der Waals surface area (Å²) in [6, 6.07) is 0. The molecule has 2 heterocycles. The number of unbranched alkanes of at least 4 members (excludes halogenated alkanes) is 1. The number of hydrogen-bond acceptors (Lipinski definition) is 4. The number of carbonyl (C=O) groups is 1. The minimum atomic E-state index is -0.631. The number of aromatic amines is 1. The number of nitrogens with one attached hydrogen (secondary N) is 1. The summed E-state index contributed by atoms with van der Waals surface area (Å²) in [6.07, 6.45) is 2.44. The Labute approximate surface area is 121 Å². The van der Waals surface area contributed by atoms with E-state index in [-0.39, 0.29) is 0 Å². The molecule has 0 bridgehead atoms. The quantitative estimate of drug-likeness (QED) is 0.942. The lowest BCUT2D eigenvalue weighted by Crippen LogP contribution is -2.32. The van der Waals surface area contributed by atoms with Gasteiger partial charge in [0.25, 0.3) is 0 Å². The Morgan fingerprint density at radius 3 is 2.75 bits per heavy atom. The van der Waals surface area contributed by atoms with E-state index in [0.717, 1.165) is 34.2 Å².